The van der Waals surface area contributed by atoms with Crippen LogP contribution in [0.5, 0.6) is 0 Å². The van der Waals surface area contributed by atoms with Gasteiger partial charge in [-0.2, -0.15) is 0 Å². The standard InChI is InChI=1S/C13H21N3O3S/c1-8-3-4-10(5-9(8)2)16-13(17)12-6-11(7-15-12)20(14,18)19/h6-10,15H,3-5H2,1-2H3,(H,16,17)(H2,14,18,19). The lowest BCUT2D eigenvalue weighted by Gasteiger charge is -2.32. The fourth-order valence-electron chi connectivity index (χ4n) is 2.61. The van der Waals surface area contributed by atoms with Crippen LogP contribution in [0, 0.1) is 11.8 Å². The smallest absolute Gasteiger partial charge is 0.267 e. The molecule has 1 aliphatic carbocycles. The quantitative estimate of drug-likeness (QED) is 0.781. The number of carbonyl (C=O) groups excluding carboxylic acids is 1. The predicted molar refractivity (Wildman–Crippen MR) is 75.6 cm³/mol. The average molecular weight is 299 g/mol. The summed E-state index contributed by atoms with van der Waals surface area (Å²) in [5, 5.41) is 7.95. The van der Waals surface area contributed by atoms with E-state index in [0.717, 1.165) is 19.3 Å². The van der Waals surface area contributed by atoms with Gasteiger partial charge in [-0.3, -0.25) is 4.79 Å². The highest BCUT2D eigenvalue weighted by molar-refractivity contribution is 7.89. The summed E-state index contributed by atoms with van der Waals surface area (Å²) < 4.78 is 22.3. The van der Waals surface area contributed by atoms with Crippen LogP contribution in [0.1, 0.15) is 43.6 Å². The number of hydrogen-bond donors (Lipinski definition) is 3. The fraction of sp³-hybridized carbons (Fsp3) is 0.615. The highest BCUT2D eigenvalue weighted by Crippen LogP contribution is 2.29. The van der Waals surface area contributed by atoms with Gasteiger partial charge in [0.15, 0.2) is 0 Å². The first-order valence-corrected chi connectivity index (χ1v) is 8.34. The van der Waals surface area contributed by atoms with Crippen LogP contribution in [0.2, 0.25) is 0 Å². The molecule has 1 amide bonds. The number of sulfonamides is 1. The molecule has 0 bridgehead atoms. The van der Waals surface area contributed by atoms with Crippen LogP contribution in [0.25, 0.3) is 0 Å². The Hall–Kier alpha value is -1.34. The molecule has 6 nitrogen and oxygen atoms in total. The van der Waals surface area contributed by atoms with E-state index in [4.69, 9.17) is 5.14 Å². The molecule has 1 aromatic rings. The number of aromatic amines is 1. The zero-order valence-electron chi connectivity index (χ0n) is 11.7. The van der Waals surface area contributed by atoms with Gasteiger partial charge in [-0.1, -0.05) is 13.8 Å². The summed E-state index contributed by atoms with van der Waals surface area (Å²) in [5.41, 5.74) is 0.223. The third kappa shape index (κ3) is 3.40. The molecule has 0 aliphatic heterocycles. The summed E-state index contributed by atoms with van der Waals surface area (Å²) >= 11 is 0. The third-order valence-corrected chi connectivity index (χ3v) is 5.06. The lowest BCUT2D eigenvalue weighted by atomic mass is 9.79. The Balaban J connectivity index is 2.00. The van der Waals surface area contributed by atoms with E-state index < -0.39 is 10.0 Å². The Bertz CT molecular complexity index is 594. The topological polar surface area (TPSA) is 105 Å². The summed E-state index contributed by atoms with van der Waals surface area (Å²) in [4.78, 5) is 14.6. The van der Waals surface area contributed by atoms with E-state index in [2.05, 4.69) is 24.1 Å². The summed E-state index contributed by atoms with van der Waals surface area (Å²) in [6, 6.07) is 1.41. The van der Waals surface area contributed by atoms with E-state index in [1.54, 1.807) is 0 Å². The van der Waals surface area contributed by atoms with Gasteiger partial charge in [0.2, 0.25) is 10.0 Å². The van der Waals surface area contributed by atoms with Crippen molar-refractivity contribution < 1.29 is 13.2 Å². The number of hydrogen-bond acceptors (Lipinski definition) is 3. The molecule has 0 spiro atoms. The van der Waals surface area contributed by atoms with Crippen molar-refractivity contribution in [1.82, 2.24) is 10.3 Å². The lowest BCUT2D eigenvalue weighted by molar-refractivity contribution is 0.0906. The second-order valence-corrected chi connectivity index (χ2v) is 7.29. The third-order valence-electron chi connectivity index (χ3n) is 4.16. The molecule has 1 fully saturated rings. The molecule has 3 unspecified atom stereocenters. The van der Waals surface area contributed by atoms with Gasteiger partial charge in [-0.05, 0) is 37.2 Å². The van der Waals surface area contributed by atoms with Crippen LogP contribution >= 0.6 is 0 Å². The minimum atomic E-state index is -3.78. The zero-order valence-corrected chi connectivity index (χ0v) is 12.5. The van der Waals surface area contributed by atoms with E-state index in [1.807, 2.05) is 0 Å². The molecule has 3 atom stereocenters. The highest BCUT2D eigenvalue weighted by Gasteiger charge is 2.26. The summed E-state index contributed by atoms with van der Waals surface area (Å²) in [7, 11) is -3.78. The van der Waals surface area contributed by atoms with Crippen molar-refractivity contribution >= 4 is 15.9 Å². The van der Waals surface area contributed by atoms with Crippen LogP contribution in [-0.2, 0) is 10.0 Å². The van der Waals surface area contributed by atoms with Crippen molar-refractivity contribution in [1.29, 1.82) is 0 Å². The van der Waals surface area contributed by atoms with Crippen LogP contribution in [0.4, 0.5) is 0 Å². The number of amides is 1. The highest BCUT2D eigenvalue weighted by atomic mass is 32.2. The fourth-order valence-corrected chi connectivity index (χ4v) is 3.12. The van der Waals surface area contributed by atoms with Crippen LogP contribution < -0.4 is 10.5 Å². The van der Waals surface area contributed by atoms with Crippen molar-refractivity contribution in [2.75, 3.05) is 0 Å². The molecule has 1 heterocycles. The minimum Gasteiger partial charge on any atom is -0.356 e. The number of nitrogens with two attached hydrogens (primary N) is 1. The predicted octanol–water partition coefficient (Wildman–Crippen LogP) is 1.22. The molecular weight excluding hydrogens is 278 g/mol. The van der Waals surface area contributed by atoms with Gasteiger partial charge in [-0.25, -0.2) is 13.6 Å². The van der Waals surface area contributed by atoms with E-state index >= 15 is 0 Å². The average Bonchev–Trinajstić information content (AvgIpc) is 2.83. The van der Waals surface area contributed by atoms with Gasteiger partial charge in [0.05, 0.1) is 4.90 Å². The molecule has 112 valence electrons. The van der Waals surface area contributed by atoms with Crippen LogP contribution in [0.15, 0.2) is 17.2 Å². The Kier molecular flexibility index (Phi) is 4.19. The first kappa shape index (κ1) is 15.1. The van der Waals surface area contributed by atoms with Crippen molar-refractivity contribution in [3.63, 3.8) is 0 Å². The monoisotopic (exact) mass is 299 g/mol. The first-order chi connectivity index (χ1) is 9.27. The van der Waals surface area contributed by atoms with E-state index in [0.29, 0.717) is 11.8 Å². The van der Waals surface area contributed by atoms with Crippen molar-refractivity contribution in [2.24, 2.45) is 17.0 Å². The Morgan fingerprint density at radius 1 is 1.35 bits per heavy atom. The number of nitrogens with one attached hydrogen (secondary N) is 2. The second-order valence-electron chi connectivity index (χ2n) is 5.73. The summed E-state index contributed by atoms with van der Waals surface area (Å²) in [5.74, 6) is 0.979. The maximum absolute atomic E-state index is 12.1. The zero-order chi connectivity index (χ0) is 14.9. The van der Waals surface area contributed by atoms with Gasteiger partial charge >= 0.3 is 0 Å². The van der Waals surface area contributed by atoms with Gasteiger partial charge in [0.25, 0.3) is 5.91 Å². The molecule has 1 aromatic heterocycles. The summed E-state index contributed by atoms with van der Waals surface area (Å²) in [6.45, 7) is 4.42. The van der Waals surface area contributed by atoms with Gasteiger partial charge in [0, 0.05) is 12.2 Å². The summed E-state index contributed by atoms with van der Waals surface area (Å²) in [6.07, 6.45) is 4.24. The van der Waals surface area contributed by atoms with E-state index in [-0.39, 0.29) is 22.5 Å². The first-order valence-electron chi connectivity index (χ1n) is 6.79. The molecule has 0 radical (unpaired) electrons. The van der Waals surface area contributed by atoms with Crippen molar-refractivity contribution in [3.8, 4) is 0 Å². The Morgan fingerprint density at radius 2 is 2.05 bits per heavy atom. The largest absolute Gasteiger partial charge is 0.356 e. The number of aromatic nitrogens is 1. The Morgan fingerprint density at radius 3 is 2.60 bits per heavy atom. The normalized spacial score (nSPS) is 27.2. The van der Waals surface area contributed by atoms with Gasteiger partial charge < -0.3 is 10.3 Å². The van der Waals surface area contributed by atoms with E-state index in [9.17, 15) is 13.2 Å². The Labute approximate surface area is 119 Å². The van der Waals surface area contributed by atoms with E-state index in [1.165, 1.54) is 12.3 Å². The van der Waals surface area contributed by atoms with Crippen LogP contribution in [-0.4, -0.2) is 25.4 Å². The molecule has 2 rings (SSSR count). The molecule has 7 heteroatoms. The molecule has 1 aliphatic rings. The van der Waals surface area contributed by atoms with Crippen molar-refractivity contribution in [3.05, 3.63) is 18.0 Å². The van der Waals surface area contributed by atoms with Crippen molar-refractivity contribution in [2.45, 2.75) is 44.0 Å². The number of primary sulfonamides is 1. The number of carbonyl (C=O) groups is 1. The number of H-pyrrole nitrogens is 1. The second kappa shape index (κ2) is 5.57. The van der Waals surface area contributed by atoms with Gasteiger partial charge in [-0.15, -0.1) is 0 Å². The SMILES string of the molecule is CC1CCC(NC(=O)c2cc(S(N)(=O)=O)c[nH]2)CC1C. The number of rotatable bonds is 3. The molecule has 0 saturated heterocycles. The molecule has 4 N–H and O–H groups in total. The molecule has 20 heavy (non-hydrogen) atoms. The molecule has 1 saturated carbocycles. The lowest BCUT2D eigenvalue weighted by Crippen LogP contribution is -2.39. The minimum absolute atomic E-state index is 0.0757. The maximum atomic E-state index is 12.1. The molecular formula is C13H21N3O3S. The maximum Gasteiger partial charge on any atom is 0.267 e. The molecule has 0 aromatic carbocycles. The van der Waals surface area contributed by atoms with Gasteiger partial charge in [0.1, 0.15) is 5.69 Å². The van der Waals surface area contributed by atoms with Crippen LogP contribution in [0.3, 0.4) is 0 Å².